The minimum atomic E-state index is -4.85. The minimum absolute atomic E-state index is 0.124. The predicted molar refractivity (Wildman–Crippen MR) is 115 cm³/mol. The van der Waals surface area contributed by atoms with Crippen LogP contribution in [0, 0.1) is 0 Å². The topological polar surface area (TPSA) is 85.0 Å². The molecule has 7 nitrogen and oxygen atoms in total. The van der Waals surface area contributed by atoms with Gasteiger partial charge in [0.25, 0.3) is 11.8 Å². The number of rotatable bonds is 3. The summed E-state index contributed by atoms with van der Waals surface area (Å²) in [5, 5.41) is 7.45. The van der Waals surface area contributed by atoms with Gasteiger partial charge in [0.15, 0.2) is 11.3 Å². The molecular weight excluding hydrogens is 459 g/mol. The number of oxime groups is 1. The average Bonchev–Trinajstić information content (AvgIpc) is 3.41. The van der Waals surface area contributed by atoms with Gasteiger partial charge in [-0.3, -0.25) is 9.59 Å². The molecule has 170 valence electrons. The summed E-state index contributed by atoms with van der Waals surface area (Å²) in [4.78, 5) is 32.4. The first-order chi connectivity index (χ1) is 15.6. The van der Waals surface area contributed by atoms with Gasteiger partial charge in [0.1, 0.15) is 10.6 Å². The van der Waals surface area contributed by atoms with Gasteiger partial charge < -0.3 is 9.36 Å². The lowest BCUT2D eigenvalue weighted by Crippen LogP contribution is -2.31. The Hall–Kier alpha value is -3.34. The summed E-state index contributed by atoms with van der Waals surface area (Å²) in [5.74, 6) is -1.25. The van der Waals surface area contributed by atoms with Crippen molar-refractivity contribution >= 4 is 45.3 Å². The number of imide groups is 1. The number of benzene rings is 2. The van der Waals surface area contributed by atoms with E-state index in [2.05, 4.69) is 10.3 Å². The maximum absolute atomic E-state index is 13.8. The fourth-order valence-corrected chi connectivity index (χ4v) is 4.96. The van der Waals surface area contributed by atoms with Gasteiger partial charge in [-0.2, -0.15) is 13.2 Å². The largest absolute Gasteiger partial charge is 0.437 e. The van der Waals surface area contributed by atoms with Gasteiger partial charge in [-0.1, -0.05) is 28.5 Å². The molecule has 2 amide bonds. The smallest absolute Gasteiger partial charge is 0.389 e. The Kier molecular flexibility index (Phi) is 4.78. The maximum atomic E-state index is 13.8. The highest BCUT2D eigenvalue weighted by Crippen LogP contribution is 2.44. The third-order valence-electron chi connectivity index (χ3n) is 5.35. The van der Waals surface area contributed by atoms with Crippen LogP contribution in [0.15, 0.2) is 46.1 Å². The predicted octanol–water partition coefficient (Wildman–Crippen LogP) is 5.39. The number of nitrogens with zero attached hydrogens (tertiary/aromatic N) is 3. The molecule has 2 aliphatic heterocycles. The number of carbonyl (C=O) groups is 2. The molecule has 0 N–H and O–H groups in total. The number of thioether (sulfide) groups is 1. The molecule has 0 saturated carbocycles. The van der Waals surface area contributed by atoms with E-state index in [0.717, 1.165) is 4.90 Å². The lowest BCUT2D eigenvalue weighted by Gasteiger charge is -2.20. The summed E-state index contributed by atoms with van der Waals surface area (Å²) in [6.45, 7) is 3.74. The Balaban J connectivity index is 1.65. The number of hydrogen-bond donors (Lipinski definition) is 0. The number of anilines is 1. The van der Waals surface area contributed by atoms with Gasteiger partial charge in [0, 0.05) is 12.2 Å². The molecule has 2 aliphatic rings. The SMILES string of the molecule is CC1(C)CC(SCc2ccc3onc(C(F)(F)F)c3c2N2C(=O)c3ccccc3C2=O)=NO1. The summed E-state index contributed by atoms with van der Waals surface area (Å²) in [6.07, 6.45) is -4.32. The zero-order chi connectivity index (χ0) is 23.5. The molecule has 0 radical (unpaired) electrons. The van der Waals surface area contributed by atoms with Gasteiger partial charge in [-0.25, -0.2) is 4.90 Å². The van der Waals surface area contributed by atoms with Gasteiger partial charge in [0.05, 0.1) is 22.2 Å². The molecule has 0 aliphatic carbocycles. The molecule has 1 aromatic heterocycles. The molecule has 0 unspecified atom stereocenters. The number of carbonyl (C=O) groups excluding carboxylic acids is 2. The Labute approximate surface area is 189 Å². The van der Waals surface area contributed by atoms with Gasteiger partial charge in [0.2, 0.25) is 0 Å². The van der Waals surface area contributed by atoms with Crippen molar-refractivity contribution < 1.29 is 32.1 Å². The molecule has 33 heavy (non-hydrogen) atoms. The van der Waals surface area contributed by atoms with Crippen LogP contribution in [0.25, 0.3) is 11.0 Å². The van der Waals surface area contributed by atoms with Crippen LogP contribution in [0.3, 0.4) is 0 Å². The van der Waals surface area contributed by atoms with E-state index < -0.39 is 34.7 Å². The monoisotopic (exact) mass is 475 g/mol. The van der Waals surface area contributed by atoms with E-state index in [-0.39, 0.29) is 28.2 Å². The number of aromatic nitrogens is 1. The van der Waals surface area contributed by atoms with Crippen LogP contribution in [-0.4, -0.2) is 27.6 Å². The zero-order valence-corrected chi connectivity index (χ0v) is 18.2. The van der Waals surface area contributed by atoms with Crippen molar-refractivity contribution in [3.63, 3.8) is 0 Å². The normalized spacial score (nSPS) is 17.5. The molecule has 0 atom stereocenters. The molecule has 3 aromatic rings. The molecule has 0 saturated heterocycles. The second-order valence-corrected chi connectivity index (χ2v) is 9.32. The van der Waals surface area contributed by atoms with Gasteiger partial charge in [-0.05, 0) is 37.6 Å². The molecule has 11 heteroatoms. The fraction of sp³-hybridized carbons (Fsp3) is 0.273. The first kappa shape index (κ1) is 21.5. The second kappa shape index (κ2) is 7.34. The van der Waals surface area contributed by atoms with Crippen molar-refractivity contribution in [1.82, 2.24) is 5.16 Å². The van der Waals surface area contributed by atoms with Crippen molar-refractivity contribution in [3.8, 4) is 0 Å². The number of fused-ring (bicyclic) bond motifs is 2. The Morgan fingerprint density at radius 1 is 1.09 bits per heavy atom. The molecule has 0 bridgehead atoms. The van der Waals surface area contributed by atoms with Crippen LogP contribution in [-0.2, 0) is 16.8 Å². The summed E-state index contributed by atoms with van der Waals surface area (Å²) in [5.41, 5.74) is -1.54. The van der Waals surface area contributed by atoms with Gasteiger partial charge >= 0.3 is 6.18 Å². The van der Waals surface area contributed by atoms with Crippen molar-refractivity contribution in [3.05, 3.63) is 58.8 Å². The third kappa shape index (κ3) is 3.56. The van der Waals surface area contributed by atoms with Crippen LogP contribution in [0.4, 0.5) is 18.9 Å². The van der Waals surface area contributed by atoms with E-state index in [1.165, 1.54) is 36.0 Å². The van der Waals surface area contributed by atoms with E-state index in [9.17, 15) is 22.8 Å². The minimum Gasteiger partial charge on any atom is -0.389 e. The Morgan fingerprint density at radius 2 is 1.76 bits per heavy atom. The Morgan fingerprint density at radius 3 is 2.33 bits per heavy atom. The van der Waals surface area contributed by atoms with E-state index >= 15 is 0 Å². The molecule has 0 fully saturated rings. The van der Waals surface area contributed by atoms with Crippen LogP contribution >= 0.6 is 11.8 Å². The van der Waals surface area contributed by atoms with Crippen molar-refractivity contribution in [2.24, 2.45) is 5.16 Å². The van der Waals surface area contributed by atoms with Crippen molar-refractivity contribution in [1.29, 1.82) is 0 Å². The number of alkyl halides is 3. The highest BCUT2D eigenvalue weighted by molar-refractivity contribution is 8.13. The van der Waals surface area contributed by atoms with Crippen LogP contribution in [0.2, 0.25) is 0 Å². The lowest BCUT2D eigenvalue weighted by atomic mass is 10.1. The van der Waals surface area contributed by atoms with E-state index in [4.69, 9.17) is 9.36 Å². The molecular formula is C22H16F3N3O4S. The van der Waals surface area contributed by atoms with Crippen molar-refractivity contribution in [2.75, 3.05) is 4.90 Å². The number of halogens is 3. The van der Waals surface area contributed by atoms with E-state index in [0.29, 0.717) is 17.0 Å². The van der Waals surface area contributed by atoms with Crippen LogP contribution in [0.1, 0.15) is 52.2 Å². The molecule has 5 rings (SSSR count). The molecule has 3 heterocycles. The van der Waals surface area contributed by atoms with Crippen LogP contribution < -0.4 is 4.90 Å². The Bertz CT molecular complexity index is 1310. The average molecular weight is 475 g/mol. The lowest BCUT2D eigenvalue weighted by molar-refractivity contribution is -0.141. The van der Waals surface area contributed by atoms with E-state index in [1.54, 1.807) is 12.1 Å². The van der Waals surface area contributed by atoms with Gasteiger partial charge in [-0.15, -0.1) is 11.8 Å². The number of amides is 2. The van der Waals surface area contributed by atoms with E-state index in [1.807, 2.05) is 13.8 Å². The quantitative estimate of drug-likeness (QED) is 0.472. The first-order valence-electron chi connectivity index (χ1n) is 9.91. The highest BCUT2D eigenvalue weighted by Gasteiger charge is 2.43. The third-order valence-corrected chi connectivity index (χ3v) is 6.35. The summed E-state index contributed by atoms with van der Waals surface area (Å²) >= 11 is 1.27. The zero-order valence-electron chi connectivity index (χ0n) is 17.4. The molecule has 0 spiro atoms. The standard InChI is InChI=1S/C22H16F3N3O4S/c1-21(2)9-15(26-32-21)33-10-11-7-8-14-16(18(27-31-14)22(23,24)25)17(11)28-19(29)12-5-3-4-6-13(12)20(28)30/h3-8H,9-10H2,1-2H3. The van der Waals surface area contributed by atoms with Crippen molar-refractivity contribution in [2.45, 2.75) is 37.8 Å². The molecule has 2 aromatic carbocycles. The summed E-state index contributed by atoms with van der Waals surface area (Å²) < 4.78 is 46.2. The summed E-state index contributed by atoms with van der Waals surface area (Å²) in [6, 6.07) is 8.99. The summed E-state index contributed by atoms with van der Waals surface area (Å²) in [7, 11) is 0. The maximum Gasteiger partial charge on any atom is 0.437 e. The first-order valence-corrected chi connectivity index (χ1v) is 10.9. The fourth-order valence-electron chi connectivity index (χ4n) is 3.86. The highest BCUT2D eigenvalue weighted by atomic mass is 32.2. The second-order valence-electron chi connectivity index (χ2n) is 8.27. The number of hydrogen-bond acceptors (Lipinski definition) is 7. The van der Waals surface area contributed by atoms with Crippen LogP contribution in [0.5, 0.6) is 0 Å².